The van der Waals surface area contributed by atoms with Crippen molar-refractivity contribution < 1.29 is 9.59 Å². The first-order valence-corrected chi connectivity index (χ1v) is 9.38. The van der Waals surface area contributed by atoms with Gasteiger partial charge in [-0.2, -0.15) is 11.8 Å². The first-order valence-electron chi connectivity index (χ1n) is 8.23. The van der Waals surface area contributed by atoms with Gasteiger partial charge < -0.3 is 15.5 Å². The fourth-order valence-corrected chi connectivity index (χ4v) is 3.90. The average Bonchev–Trinajstić information content (AvgIpc) is 2.63. The molecule has 7 heteroatoms. The van der Waals surface area contributed by atoms with Gasteiger partial charge in [-0.25, -0.2) is 0 Å². The molecule has 0 aromatic heterocycles. The molecule has 2 amide bonds. The van der Waals surface area contributed by atoms with Crippen molar-refractivity contribution in [1.29, 1.82) is 0 Å². The van der Waals surface area contributed by atoms with E-state index in [9.17, 15) is 9.59 Å². The Balaban J connectivity index is 0.00000208. The van der Waals surface area contributed by atoms with Gasteiger partial charge in [0.25, 0.3) is 5.91 Å². The van der Waals surface area contributed by atoms with E-state index in [4.69, 9.17) is 0 Å². The van der Waals surface area contributed by atoms with E-state index in [0.717, 1.165) is 50.5 Å². The Labute approximate surface area is 153 Å². The summed E-state index contributed by atoms with van der Waals surface area (Å²) in [6, 6.07) is 7.29. The lowest BCUT2D eigenvalue weighted by molar-refractivity contribution is -0.120. The number of rotatable bonds is 3. The van der Waals surface area contributed by atoms with E-state index in [-0.39, 0.29) is 30.1 Å². The maximum atomic E-state index is 12.5. The second kappa shape index (κ2) is 9.30. The van der Waals surface area contributed by atoms with Gasteiger partial charge in [-0.1, -0.05) is 6.07 Å². The first kappa shape index (κ1) is 19.1. The molecule has 2 aliphatic heterocycles. The Morgan fingerprint density at radius 1 is 1.25 bits per heavy atom. The third-order valence-electron chi connectivity index (χ3n) is 4.34. The van der Waals surface area contributed by atoms with E-state index in [1.54, 1.807) is 6.07 Å². The molecule has 24 heavy (non-hydrogen) atoms. The number of hydrogen-bond donors (Lipinski definition) is 2. The summed E-state index contributed by atoms with van der Waals surface area (Å²) in [5.41, 5.74) is 1.36. The lowest BCUT2D eigenvalue weighted by Crippen LogP contribution is -2.38. The van der Waals surface area contributed by atoms with Gasteiger partial charge in [0.1, 0.15) is 0 Å². The zero-order valence-electron chi connectivity index (χ0n) is 13.6. The Kier molecular flexibility index (Phi) is 7.40. The highest BCUT2D eigenvalue weighted by Crippen LogP contribution is 2.18. The van der Waals surface area contributed by atoms with Crippen LogP contribution in [0.1, 0.15) is 23.2 Å². The first-order chi connectivity index (χ1) is 11.2. The molecule has 0 saturated carbocycles. The highest BCUT2D eigenvalue weighted by Gasteiger charge is 2.22. The van der Waals surface area contributed by atoms with Crippen LogP contribution >= 0.6 is 24.2 Å². The molecule has 0 radical (unpaired) electrons. The predicted molar refractivity (Wildman–Crippen MR) is 101 cm³/mol. The van der Waals surface area contributed by atoms with Crippen LogP contribution in [0.25, 0.3) is 0 Å². The van der Waals surface area contributed by atoms with E-state index >= 15 is 0 Å². The fourth-order valence-electron chi connectivity index (χ4n) is 3.00. The van der Waals surface area contributed by atoms with Crippen molar-refractivity contribution in [2.75, 3.05) is 43.0 Å². The minimum Gasteiger partial charge on any atom is -0.337 e. The van der Waals surface area contributed by atoms with Crippen molar-refractivity contribution in [3.63, 3.8) is 0 Å². The van der Waals surface area contributed by atoms with Gasteiger partial charge in [0.15, 0.2) is 0 Å². The Morgan fingerprint density at radius 2 is 2.04 bits per heavy atom. The molecule has 2 fully saturated rings. The van der Waals surface area contributed by atoms with Crippen molar-refractivity contribution in [2.24, 2.45) is 5.92 Å². The summed E-state index contributed by atoms with van der Waals surface area (Å²) in [6.45, 7) is 3.32. The van der Waals surface area contributed by atoms with Crippen LogP contribution in [0.3, 0.4) is 0 Å². The topological polar surface area (TPSA) is 61.4 Å². The zero-order valence-corrected chi connectivity index (χ0v) is 15.3. The van der Waals surface area contributed by atoms with E-state index in [1.165, 1.54) is 0 Å². The normalized spacial score (nSPS) is 20.8. The number of carbonyl (C=O) groups excluding carboxylic acids is 2. The summed E-state index contributed by atoms with van der Waals surface area (Å²) in [5, 5.41) is 6.21. The minimum absolute atomic E-state index is 0. The van der Waals surface area contributed by atoms with Crippen molar-refractivity contribution in [1.82, 2.24) is 10.2 Å². The number of anilines is 1. The zero-order chi connectivity index (χ0) is 16.1. The summed E-state index contributed by atoms with van der Waals surface area (Å²) < 4.78 is 0. The maximum absolute atomic E-state index is 12.5. The van der Waals surface area contributed by atoms with E-state index in [2.05, 4.69) is 10.6 Å². The summed E-state index contributed by atoms with van der Waals surface area (Å²) in [6.07, 6.45) is 1.95. The Bertz CT molecular complexity index is 573. The molecule has 1 atom stereocenters. The molecule has 0 bridgehead atoms. The van der Waals surface area contributed by atoms with Crippen LogP contribution in [0.15, 0.2) is 24.3 Å². The van der Waals surface area contributed by atoms with E-state index in [0.29, 0.717) is 11.3 Å². The van der Waals surface area contributed by atoms with Gasteiger partial charge >= 0.3 is 0 Å². The van der Waals surface area contributed by atoms with Gasteiger partial charge in [0, 0.05) is 42.4 Å². The number of benzene rings is 1. The summed E-state index contributed by atoms with van der Waals surface area (Å²) in [4.78, 5) is 26.7. The van der Waals surface area contributed by atoms with Crippen molar-refractivity contribution >= 4 is 41.7 Å². The lowest BCUT2D eigenvalue weighted by Gasteiger charge is -2.26. The highest BCUT2D eigenvalue weighted by molar-refractivity contribution is 7.99. The number of halogens is 1. The largest absolute Gasteiger partial charge is 0.337 e. The summed E-state index contributed by atoms with van der Waals surface area (Å²) >= 11 is 1.88. The molecule has 132 valence electrons. The third-order valence-corrected chi connectivity index (χ3v) is 5.29. The lowest BCUT2D eigenvalue weighted by atomic mass is 9.98. The van der Waals surface area contributed by atoms with Gasteiger partial charge in [-0.3, -0.25) is 9.59 Å². The monoisotopic (exact) mass is 369 g/mol. The predicted octanol–water partition coefficient (Wildman–Crippen LogP) is 2.24. The Hall–Kier alpha value is -1.24. The molecule has 2 saturated heterocycles. The molecule has 0 aliphatic carbocycles. The van der Waals surface area contributed by atoms with Crippen LogP contribution in [-0.4, -0.2) is 54.4 Å². The molecule has 3 rings (SSSR count). The van der Waals surface area contributed by atoms with Gasteiger partial charge in [-0.15, -0.1) is 12.4 Å². The molecule has 2 N–H and O–H groups in total. The highest BCUT2D eigenvalue weighted by atomic mass is 35.5. The molecular weight excluding hydrogens is 346 g/mol. The number of amides is 2. The maximum Gasteiger partial charge on any atom is 0.253 e. The van der Waals surface area contributed by atoms with Crippen LogP contribution in [0.2, 0.25) is 0 Å². The van der Waals surface area contributed by atoms with Crippen molar-refractivity contribution in [3.05, 3.63) is 29.8 Å². The fraction of sp³-hybridized carbons (Fsp3) is 0.529. The SMILES string of the molecule is Cl.O=C(Nc1cccc(C(=O)N2CCSCC2)c1)C1CCCNC1. The summed E-state index contributed by atoms with van der Waals surface area (Å²) in [5.74, 6) is 2.10. The standard InChI is InChI=1S/C17H23N3O2S.ClH/c21-16(14-4-2-6-18-12-14)19-15-5-1-3-13(11-15)17(22)20-7-9-23-10-8-20;/h1,3,5,11,14,18H,2,4,6-10,12H2,(H,19,21);1H. The molecule has 1 aromatic rings. The number of piperidine rings is 1. The summed E-state index contributed by atoms with van der Waals surface area (Å²) in [7, 11) is 0. The van der Waals surface area contributed by atoms with Gasteiger partial charge in [-0.05, 0) is 37.6 Å². The van der Waals surface area contributed by atoms with Crippen LogP contribution in [0.5, 0.6) is 0 Å². The second-order valence-corrected chi connectivity index (χ2v) is 7.24. The molecule has 0 spiro atoms. The van der Waals surface area contributed by atoms with Gasteiger partial charge in [0.2, 0.25) is 5.91 Å². The van der Waals surface area contributed by atoms with E-state index in [1.807, 2.05) is 34.9 Å². The van der Waals surface area contributed by atoms with Crippen LogP contribution < -0.4 is 10.6 Å². The second-order valence-electron chi connectivity index (χ2n) is 6.02. The molecule has 2 heterocycles. The molecule has 1 aromatic carbocycles. The number of nitrogens with zero attached hydrogens (tertiary/aromatic N) is 1. The van der Waals surface area contributed by atoms with Crippen LogP contribution in [0.4, 0.5) is 5.69 Å². The Morgan fingerprint density at radius 3 is 2.75 bits per heavy atom. The average molecular weight is 370 g/mol. The van der Waals surface area contributed by atoms with Crippen molar-refractivity contribution in [2.45, 2.75) is 12.8 Å². The number of hydrogen-bond acceptors (Lipinski definition) is 4. The molecular formula is C17H24ClN3O2S. The number of thioether (sulfide) groups is 1. The third kappa shape index (κ3) is 4.88. The van der Waals surface area contributed by atoms with Crippen LogP contribution in [0, 0.1) is 5.92 Å². The quantitative estimate of drug-likeness (QED) is 0.857. The number of carbonyl (C=O) groups is 2. The number of nitrogens with one attached hydrogen (secondary N) is 2. The molecule has 2 aliphatic rings. The molecule has 1 unspecified atom stereocenters. The minimum atomic E-state index is 0. The van der Waals surface area contributed by atoms with Crippen molar-refractivity contribution in [3.8, 4) is 0 Å². The molecule has 5 nitrogen and oxygen atoms in total. The smallest absolute Gasteiger partial charge is 0.253 e. The van der Waals surface area contributed by atoms with Gasteiger partial charge in [0.05, 0.1) is 5.92 Å². The van der Waals surface area contributed by atoms with E-state index < -0.39 is 0 Å². The van der Waals surface area contributed by atoms with Crippen LogP contribution in [-0.2, 0) is 4.79 Å².